The molecule has 0 fully saturated rings. The van der Waals surface area contributed by atoms with Crippen molar-refractivity contribution in [2.24, 2.45) is 0 Å². The normalized spacial score (nSPS) is 16.4. The lowest BCUT2D eigenvalue weighted by Gasteiger charge is -2.33. The number of rotatable bonds is 3. The van der Waals surface area contributed by atoms with E-state index >= 15 is 0 Å². The topological polar surface area (TPSA) is 63.9 Å². The number of carbonyl (C=O) groups is 1. The Morgan fingerprint density at radius 1 is 1.21 bits per heavy atom. The molecular weight excluding hydrogens is 388 g/mol. The van der Waals surface area contributed by atoms with E-state index in [0.717, 1.165) is 11.6 Å². The van der Waals surface area contributed by atoms with Crippen LogP contribution in [-0.2, 0) is 13.1 Å². The SMILES string of the molecule is Cc1cnc(Cl)nc1-c1cn2c(n1)C(=O)N(Cc1cc(F)cc(F)c1)C(C)C2. The molecule has 4 rings (SSSR count). The van der Waals surface area contributed by atoms with E-state index in [9.17, 15) is 13.6 Å². The van der Waals surface area contributed by atoms with Gasteiger partial charge >= 0.3 is 0 Å². The van der Waals surface area contributed by atoms with Crippen LogP contribution >= 0.6 is 11.6 Å². The van der Waals surface area contributed by atoms with Crippen LogP contribution in [0.25, 0.3) is 11.4 Å². The lowest BCUT2D eigenvalue weighted by Crippen LogP contribution is -2.46. The van der Waals surface area contributed by atoms with Gasteiger partial charge in [0, 0.05) is 37.6 Å². The van der Waals surface area contributed by atoms with Crippen molar-refractivity contribution >= 4 is 17.5 Å². The maximum Gasteiger partial charge on any atom is 0.290 e. The van der Waals surface area contributed by atoms with Gasteiger partial charge in [0.25, 0.3) is 5.91 Å². The first-order chi connectivity index (χ1) is 13.3. The number of aryl methyl sites for hydroxylation is 1. The van der Waals surface area contributed by atoms with E-state index in [0.29, 0.717) is 23.5 Å². The van der Waals surface area contributed by atoms with Crippen molar-refractivity contribution in [2.75, 3.05) is 0 Å². The third-order valence-electron chi connectivity index (χ3n) is 4.68. The number of hydrogen-bond acceptors (Lipinski definition) is 4. The highest BCUT2D eigenvalue weighted by molar-refractivity contribution is 6.28. The van der Waals surface area contributed by atoms with Crippen molar-refractivity contribution < 1.29 is 13.6 Å². The second kappa shape index (κ2) is 6.94. The Morgan fingerprint density at radius 2 is 1.93 bits per heavy atom. The van der Waals surface area contributed by atoms with Gasteiger partial charge in [0.1, 0.15) is 17.3 Å². The third-order valence-corrected chi connectivity index (χ3v) is 4.86. The third kappa shape index (κ3) is 3.35. The van der Waals surface area contributed by atoms with Crippen molar-refractivity contribution in [3.63, 3.8) is 0 Å². The molecule has 9 heteroatoms. The van der Waals surface area contributed by atoms with Crippen LogP contribution in [0.1, 0.15) is 28.7 Å². The second-order valence-corrected chi connectivity index (χ2v) is 7.17. The number of nitrogens with zero attached hydrogens (tertiary/aromatic N) is 5. The Hall–Kier alpha value is -2.87. The molecule has 1 unspecified atom stereocenters. The largest absolute Gasteiger partial charge is 0.327 e. The van der Waals surface area contributed by atoms with E-state index in [1.165, 1.54) is 12.1 Å². The quantitative estimate of drug-likeness (QED) is 0.626. The molecule has 28 heavy (non-hydrogen) atoms. The summed E-state index contributed by atoms with van der Waals surface area (Å²) in [6, 6.07) is 3.08. The minimum Gasteiger partial charge on any atom is -0.327 e. The Balaban J connectivity index is 1.67. The molecule has 3 aromatic rings. The zero-order valence-corrected chi connectivity index (χ0v) is 15.9. The fourth-order valence-corrected chi connectivity index (χ4v) is 3.49. The first-order valence-corrected chi connectivity index (χ1v) is 9.02. The van der Waals surface area contributed by atoms with E-state index in [2.05, 4.69) is 15.0 Å². The van der Waals surface area contributed by atoms with Crippen LogP contribution in [0.2, 0.25) is 5.28 Å². The Bertz CT molecular complexity index is 1060. The molecule has 0 saturated heterocycles. The van der Waals surface area contributed by atoms with Crippen molar-refractivity contribution in [1.82, 2.24) is 24.4 Å². The molecule has 144 valence electrons. The van der Waals surface area contributed by atoms with Crippen LogP contribution in [0.4, 0.5) is 8.78 Å². The fourth-order valence-electron chi connectivity index (χ4n) is 3.36. The summed E-state index contributed by atoms with van der Waals surface area (Å²) >= 11 is 5.89. The van der Waals surface area contributed by atoms with Gasteiger partial charge in [0.05, 0.1) is 5.69 Å². The standard InChI is InChI=1S/C19H16ClF2N5O/c1-10-6-23-19(20)25-16(10)15-9-26-7-11(2)27(18(28)17(26)24-15)8-12-3-13(21)5-14(22)4-12/h3-6,9,11H,7-8H2,1-2H3. The summed E-state index contributed by atoms with van der Waals surface area (Å²) in [5.41, 5.74) is 2.25. The van der Waals surface area contributed by atoms with Gasteiger partial charge in [-0.05, 0) is 48.7 Å². The van der Waals surface area contributed by atoms with Gasteiger partial charge in [0.2, 0.25) is 5.28 Å². The van der Waals surface area contributed by atoms with Crippen molar-refractivity contribution in [3.05, 3.63) is 64.5 Å². The predicted molar refractivity (Wildman–Crippen MR) is 98.7 cm³/mol. The molecule has 1 aliphatic rings. The summed E-state index contributed by atoms with van der Waals surface area (Å²) in [6.07, 6.45) is 3.35. The van der Waals surface area contributed by atoms with Crippen LogP contribution in [-0.4, -0.2) is 36.4 Å². The van der Waals surface area contributed by atoms with Crippen LogP contribution in [0.15, 0.2) is 30.6 Å². The molecule has 0 saturated carbocycles. The predicted octanol–water partition coefficient (Wildman–Crippen LogP) is 3.62. The number of benzene rings is 1. The van der Waals surface area contributed by atoms with Crippen LogP contribution in [0.5, 0.6) is 0 Å². The van der Waals surface area contributed by atoms with Crippen LogP contribution in [0.3, 0.4) is 0 Å². The summed E-state index contributed by atoms with van der Waals surface area (Å²) in [6.45, 7) is 4.31. The molecule has 0 aliphatic carbocycles. The molecule has 3 heterocycles. The van der Waals surface area contributed by atoms with Crippen LogP contribution < -0.4 is 0 Å². The highest BCUT2D eigenvalue weighted by Gasteiger charge is 2.32. The maximum absolute atomic E-state index is 13.5. The van der Waals surface area contributed by atoms with Gasteiger partial charge in [-0.25, -0.2) is 23.7 Å². The van der Waals surface area contributed by atoms with Gasteiger partial charge in [-0.2, -0.15) is 0 Å². The Morgan fingerprint density at radius 3 is 2.64 bits per heavy atom. The number of carbonyl (C=O) groups excluding carboxylic acids is 1. The lowest BCUT2D eigenvalue weighted by molar-refractivity contribution is 0.0586. The highest BCUT2D eigenvalue weighted by Crippen LogP contribution is 2.26. The summed E-state index contributed by atoms with van der Waals surface area (Å²) in [5.74, 6) is -1.41. The second-order valence-electron chi connectivity index (χ2n) is 6.83. The number of aromatic nitrogens is 4. The number of imidazole rings is 1. The molecule has 1 aliphatic heterocycles. The lowest BCUT2D eigenvalue weighted by atomic mass is 10.1. The van der Waals surface area contributed by atoms with Crippen LogP contribution in [0, 0.1) is 18.6 Å². The average molecular weight is 404 g/mol. The zero-order chi connectivity index (χ0) is 20.0. The molecule has 1 atom stereocenters. The number of amides is 1. The molecular formula is C19H16ClF2N5O. The molecule has 2 aromatic heterocycles. The minimum atomic E-state index is -0.674. The van der Waals surface area contributed by atoms with E-state index in [-0.39, 0.29) is 29.6 Å². The van der Waals surface area contributed by atoms with Gasteiger partial charge < -0.3 is 9.47 Å². The minimum absolute atomic E-state index is 0.0925. The van der Waals surface area contributed by atoms with E-state index in [1.54, 1.807) is 21.9 Å². The van der Waals surface area contributed by atoms with Gasteiger partial charge in [-0.3, -0.25) is 4.79 Å². The first-order valence-electron chi connectivity index (χ1n) is 8.64. The van der Waals surface area contributed by atoms with Gasteiger partial charge in [-0.15, -0.1) is 0 Å². The number of fused-ring (bicyclic) bond motifs is 1. The van der Waals surface area contributed by atoms with E-state index < -0.39 is 11.6 Å². The van der Waals surface area contributed by atoms with Gasteiger partial charge in [-0.1, -0.05) is 0 Å². The van der Waals surface area contributed by atoms with Crippen molar-refractivity contribution in [1.29, 1.82) is 0 Å². The fraction of sp³-hybridized carbons (Fsp3) is 0.263. The summed E-state index contributed by atoms with van der Waals surface area (Å²) in [5, 5.41) is 0.0982. The monoisotopic (exact) mass is 403 g/mol. The molecule has 0 bridgehead atoms. The van der Waals surface area contributed by atoms with Crippen molar-refractivity contribution in [2.45, 2.75) is 33.0 Å². The molecule has 6 nitrogen and oxygen atoms in total. The summed E-state index contributed by atoms with van der Waals surface area (Å²) in [4.78, 5) is 27.1. The molecule has 0 radical (unpaired) electrons. The maximum atomic E-state index is 13.5. The molecule has 1 aromatic carbocycles. The molecule has 1 amide bonds. The molecule has 0 spiro atoms. The Kier molecular flexibility index (Phi) is 4.58. The molecule has 0 N–H and O–H groups in total. The average Bonchev–Trinajstić information content (AvgIpc) is 3.04. The summed E-state index contributed by atoms with van der Waals surface area (Å²) < 4.78 is 28.8. The first kappa shape index (κ1) is 18.5. The zero-order valence-electron chi connectivity index (χ0n) is 15.2. The van der Waals surface area contributed by atoms with E-state index in [1.807, 2.05) is 13.8 Å². The smallest absolute Gasteiger partial charge is 0.290 e. The summed E-state index contributed by atoms with van der Waals surface area (Å²) in [7, 11) is 0. The number of hydrogen-bond donors (Lipinski definition) is 0. The van der Waals surface area contributed by atoms with E-state index in [4.69, 9.17) is 11.6 Å². The van der Waals surface area contributed by atoms with Crippen molar-refractivity contribution in [3.8, 4) is 11.4 Å². The highest BCUT2D eigenvalue weighted by atomic mass is 35.5. The van der Waals surface area contributed by atoms with Gasteiger partial charge in [0.15, 0.2) is 5.82 Å². The number of halogens is 3. The Labute approximate surface area is 164 Å².